The van der Waals surface area contributed by atoms with Gasteiger partial charge in [0.05, 0.1) is 6.26 Å². The molecule has 3 nitrogen and oxygen atoms in total. The summed E-state index contributed by atoms with van der Waals surface area (Å²) in [4.78, 5) is 0. The highest BCUT2D eigenvalue weighted by atomic mass is 16.5. The van der Waals surface area contributed by atoms with Crippen molar-refractivity contribution in [1.82, 2.24) is 0 Å². The zero-order chi connectivity index (χ0) is 15.1. The Hall–Kier alpha value is -1.74. The molecule has 0 spiro atoms. The predicted molar refractivity (Wildman–Crippen MR) is 85.4 cm³/mol. The molecular formula is C18H25NO2. The van der Waals surface area contributed by atoms with Crippen LogP contribution in [0.4, 0.5) is 0 Å². The largest absolute Gasteiger partial charge is 0.481 e. The Morgan fingerprint density at radius 3 is 2.48 bits per heavy atom. The first-order chi connectivity index (χ1) is 10.2. The predicted octanol–water partition coefficient (Wildman–Crippen LogP) is 4.48. The fraction of sp³-hybridized carbons (Fsp3) is 0.444. The lowest BCUT2D eigenvalue weighted by atomic mass is 10.1. The van der Waals surface area contributed by atoms with Crippen LogP contribution in [0, 0.1) is 0 Å². The molecule has 2 aromatic rings. The first-order valence-electron chi connectivity index (χ1n) is 7.79. The van der Waals surface area contributed by atoms with Crippen molar-refractivity contribution in [1.29, 1.82) is 0 Å². The van der Waals surface area contributed by atoms with E-state index in [4.69, 9.17) is 14.9 Å². The van der Waals surface area contributed by atoms with Crippen LogP contribution in [0.15, 0.2) is 47.1 Å². The third kappa shape index (κ3) is 4.36. The molecule has 0 saturated heterocycles. The molecule has 2 N–H and O–H groups in total. The Balaban J connectivity index is 2.06. The van der Waals surface area contributed by atoms with Crippen LogP contribution in [0.25, 0.3) is 0 Å². The van der Waals surface area contributed by atoms with E-state index in [1.54, 1.807) is 6.26 Å². The Bertz CT molecular complexity index is 505. The average molecular weight is 287 g/mol. The number of hydrogen-bond acceptors (Lipinski definition) is 3. The summed E-state index contributed by atoms with van der Waals surface area (Å²) in [7, 11) is 0. The summed E-state index contributed by atoms with van der Waals surface area (Å²) in [5.74, 6) is 1.61. The number of ether oxygens (including phenoxy) is 1. The second kappa shape index (κ2) is 7.89. The highest BCUT2D eigenvalue weighted by Gasteiger charge is 2.23. The molecule has 0 amide bonds. The van der Waals surface area contributed by atoms with Crippen molar-refractivity contribution in [3.05, 3.63) is 54.0 Å². The van der Waals surface area contributed by atoms with E-state index in [1.807, 2.05) is 24.3 Å². The van der Waals surface area contributed by atoms with Gasteiger partial charge in [0, 0.05) is 6.04 Å². The summed E-state index contributed by atoms with van der Waals surface area (Å²) in [6.07, 6.45) is 5.79. The van der Waals surface area contributed by atoms with E-state index in [-0.39, 0.29) is 12.1 Å². The standard InChI is InChI=1S/C18H25NO2/c1-3-5-7-14-9-11-15(12-10-14)21-18(16(19)4-2)17-8-6-13-20-17/h6,8-13,16,18H,3-5,7,19H2,1-2H3. The second-order valence-corrected chi connectivity index (χ2v) is 5.37. The molecule has 0 aliphatic carbocycles. The fourth-order valence-electron chi connectivity index (χ4n) is 2.29. The molecule has 2 rings (SSSR count). The van der Waals surface area contributed by atoms with Crippen molar-refractivity contribution >= 4 is 0 Å². The molecule has 1 aromatic carbocycles. The number of unbranched alkanes of at least 4 members (excludes halogenated alkanes) is 1. The van der Waals surface area contributed by atoms with E-state index in [0.717, 1.165) is 24.4 Å². The lowest BCUT2D eigenvalue weighted by molar-refractivity contribution is 0.144. The van der Waals surface area contributed by atoms with Crippen molar-refractivity contribution in [3.8, 4) is 5.75 Å². The van der Waals surface area contributed by atoms with E-state index >= 15 is 0 Å². The minimum absolute atomic E-state index is 0.0871. The highest BCUT2D eigenvalue weighted by Crippen LogP contribution is 2.26. The van der Waals surface area contributed by atoms with E-state index < -0.39 is 0 Å². The number of benzene rings is 1. The summed E-state index contributed by atoms with van der Waals surface area (Å²) in [5.41, 5.74) is 7.51. The number of furan rings is 1. The van der Waals surface area contributed by atoms with Gasteiger partial charge in [-0.3, -0.25) is 0 Å². The molecule has 0 fully saturated rings. The van der Waals surface area contributed by atoms with Gasteiger partial charge in [-0.2, -0.15) is 0 Å². The highest BCUT2D eigenvalue weighted by molar-refractivity contribution is 5.28. The maximum absolute atomic E-state index is 6.17. The topological polar surface area (TPSA) is 48.4 Å². The number of nitrogens with two attached hydrogens (primary N) is 1. The van der Waals surface area contributed by atoms with Crippen LogP contribution in [0.2, 0.25) is 0 Å². The van der Waals surface area contributed by atoms with Crippen LogP contribution in [0.5, 0.6) is 5.75 Å². The van der Waals surface area contributed by atoms with E-state index in [9.17, 15) is 0 Å². The molecule has 21 heavy (non-hydrogen) atoms. The lowest BCUT2D eigenvalue weighted by Crippen LogP contribution is -2.31. The van der Waals surface area contributed by atoms with E-state index in [1.165, 1.54) is 18.4 Å². The third-order valence-electron chi connectivity index (χ3n) is 3.69. The normalized spacial score (nSPS) is 13.9. The zero-order valence-corrected chi connectivity index (χ0v) is 12.9. The molecule has 1 heterocycles. The molecule has 0 aliphatic heterocycles. The summed E-state index contributed by atoms with van der Waals surface area (Å²) < 4.78 is 11.5. The van der Waals surface area contributed by atoms with Gasteiger partial charge in [0.2, 0.25) is 0 Å². The van der Waals surface area contributed by atoms with Crippen LogP contribution in [-0.4, -0.2) is 6.04 Å². The molecule has 2 atom stereocenters. The quantitative estimate of drug-likeness (QED) is 0.778. The smallest absolute Gasteiger partial charge is 0.171 e. The first kappa shape index (κ1) is 15.6. The van der Waals surface area contributed by atoms with Gasteiger partial charge in [-0.15, -0.1) is 0 Å². The molecule has 0 saturated carbocycles. The Morgan fingerprint density at radius 2 is 1.90 bits per heavy atom. The number of rotatable bonds is 8. The van der Waals surface area contributed by atoms with E-state index in [0.29, 0.717) is 0 Å². The van der Waals surface area contributed by atoms with Crippen LogP contribution in [0.1, 0.15) is 50.5 Å². The molecule has 0 radical (unpaired) electrons. The summed E-state index contributed by atoms with van der Waals surface area (Å²) in [6, 6.07) is 12.0. The summed E-state index contributed by atoms with van der Waals surface area (Å²) in [6.45, 7) is 4.26. The van der Waals surface area contributed by atoms with Crippen LogP contribution >= 0.6 is 0 Å². The summed E-state index contributed by atoms with van der Waals surface area (Å²) in [5, 5.41) is 0. The Labute approximate surface area is 127 Å². The van der Waals surface area contributed by atoms with Crippen LogP contribution in [0.3, 0.4) is 0 Å². The first-order valence-corrected chi connectivity index (χ1v) is 7.79. The van der Waals surface area contributed by atoms with Gasteiger partial charge < -0.3 is 14.9 Å². The molecule has 2 unspecified atom stereocenters. The van der Waals surface area contributed by atoms with E-state index in [2.05, 4.69) is 26.0 Å². The molecule has 3 heteroatoms. The average Bonchev–Trinajstić information content (AvgIpc) is 3.05. The van der Waals surface area contributed by atoms with Gasteiger partial charge in [-0.25, -0.2) is 0 Å². The van der Waals surface area contributed by atoms with Crippen LogP contribution in [-0.2, 0) is 6.42 Å². The van der Waals surface area contributed by atoms with Crippen molar-refractivity contribution in [2.45, 2.75) is 51.7 Å². The second-order valence-electron chi connectivity index (χ2n) is 5.37. The van der Waals surface area contributed by atoms with Crippen molar-refractivity contribution in [2.75, 3.05) is 0 Å². The molecule has 0 bridgehead atoms. The van der Waals surface area contributed by atoms with Gasteiger partial charge >= 0.3 is 0 Å². The van der Waals surface area contributed by atoms with Crippen LogP contribution < -0.4 is 10.5 Å². The Kier molecular flexibility index (Phi) is 5.88. The molecule has 114 valence electrons. The third-order valence-corrected chi connectivity index (χ3v) is 3.69. The molecule has 1 aromatic heterocycles. The minimum Gasteiger partial charge on any atom is -0.481 e. The fourth-order valence-corrected chi connectivity index (χ4v) is 2.29. The maximum Gasteiger partial charge on any atom is 0.171 e. The van der Waals surface area contributed by atoms with Crippen molar-refractivity contribution in [3.63, 3.8) is 0 Å². The molecular weight excluding hydrogens is 262 g/mol. The summed E-state index contributed by atoms with van der Waals surface area (Å²) >= 11 is 0. The van der Waals surface area contributed by atoms with Gasteiger partial charge in [-0.1, -0.05) is 32.4 Å². The SMILES string of the molecule is CCCCc1ccc(OC(c2ccco2)C(N)CC)cc1. The van der Waals surface area contributed by atoms with Crippen molar-refractivity contribution < 1.29 is 9.15 Å². The minimum atomic E-state index is -0.244. The maximum atomic E-state index is 6.17. The molecule has 0 aliphatic rings. The van der Waals surface area contributed by atoms with Gasteiger partial charge in [0.1, 0.15) is 11.5 Å². The number of aryl methyl sites for hydroxylation is 1. The van der Waals surface area contributed by atoms with Gasteiger partial charge in [-0.05, 0) is 49.1 Å². The monoisotopic (exact) mass is 287 g/mol. The zero-order valence-electron chi connectivity index (χ0n) is 12.9. The number of hydrogen-bond donors (Lipinski definition) is 1. The van der Waals surface area contributed by atoms with Gasteiger partial charge in [0.25, 0.3) is 0 Å². The van der Waals surface area contributed by atoms with Gasteiger partial charge in [0.15, 0.2) is 6.10 Å². The Morgan fingerprint density at radius 1 is 1.14 bits per heavy atom. The lowest BCUT2D eigenvalue weighted by Gasteiger charge is -2.22. The van der Waals surface area contributed by atoms with Crippen molar-refractivity contribution in [2.24, 2.45) is 5.73 Å².